The number of halogens is 1. The number of fused-ring (bicyclic) bond motifs is 4. The van der Waals surface area contributed by atoms with Crippen molar-refractivity contribution in [3.8, 4) is 0 Å². The normalized spacial score (nSPS) is 10.6. The first-order valence-electron chi connectivity index (χ1n) is 10.7. The molecule has 0 spiro atoms. The molecule has 0 unspecified atom stereocenters. The summed E-state index contributed by atoms with van der Waals surface area (Å²) in [5, 5.41) is 25.2. The topological polar surface area (TPSA) is 138 Å². The average Bonchev–Trinajstić information content (AvgIpc) is 2.89. The summed E-state index contributed by atoms with van der Waals surface area (Å²) in [5.74, 6) is 0. The van der Waals surface area contributed by atoms with Crippen molar-refractivity contribution in [3.63, 3.8) is 0 Å². The van der Waals surface area contributed by atoms with Gasteiger partial charge in [0.25, 0.3) is 11.4 Å². The summed E-state index contributed by atoms with van der Waals surface area (Å²) in [7, 11) is 0. The largest absolute Gasteiger partial charge is 0.398 e. The van der Waals surface area contributed by atoms with Crippen LogP contribution < -0.4 is 5.73 Å². The number of pyridine rings is 2. The van der Waals surface area contributed by atoms with E-state index < -0.39 is 9.85 Å². The number of aromatic nitrogens is 2. The Morgan fingerprint density at radius 1 is 0.622 bits per heavy atom. The number of rotatable bonds is 2. The SMILES string of the molecule is C.Nc1c2ccccc2nc2cc([N+](=O)[O-])ccc12.O=[N+]([O-])c1ccc2c(Cl)c3ccccc3nc2c1. The minimum Gasteiger partial charge on any atom is -0.398 e. The molecule has 0 bridgehead atoms. The number of nitro groups is 2. The molecule has 0 atom stereocenters. The molecule has 0 radical (unpaired) electrons. The molecule has 2 aromatic heterocycles. The van der Waals surface area contributed by atoms with Crippen LogP contribution in [0.15, 0.2) is 84.9 Å². The van der Waals surface area contributed by atoms with Gasteiger partial charge in [0.2, 0.25) is 0 Å². The highest BCUT2D eigenvalue weighted by Crippen LogP contribution is 2.32. The van der Waals surface area contributed by atoms with Crippen LogP contribution in [0.3, 0.4) is 0 Å². The number of para-hydroxylation sites is 2. The van der Waals surface area contributed by atoms with Crippen LogP contribution in [0.2, 0.25) is 5.02 Å². The summed E-state index contributed by atoms with van der Waals surface area (Å²) in [6.45, 7) is 0. The van der Waals surface area contributed by atoms with Crippen molar-refractivity contribution in [2.75, 3.05) is 5.73 Å². The van der Waals surface area contributed by atoms with E-state index in [-0.39, 0.29) is 18.8 Å². The minimum atomic E-state index is -0.440. The predicted octanol–water partition coefficient (Wildman–Crippen LogP) is 7.46. The fourth-order valence-corrected chi connectivity index (χ4v) is 4.29. The highest BCUT2D eigenvalue weighted by atomic mass is 35.5. The van der Waals surface area contributed by atoms with Gasteiger partial charge in [0.15, 0.2) is 0 Å². The van der Waals surface area contributed by atoms with Gasteiger partial charge >= 0.3 is 0 Å². The fraction of sp³-hybridized carbons (Fsp3) is 0.0370. The molecule has 184 valence electrons. The van der Waals surface area contributed by atoms with Crippen molar-refractivity contribution in [3.05, 3.63) is 110 Å². The second kappa shape index (κ2) is 10.00. The van der Waals surface area contributed by atoms with Gasteiger partial charge in [-0.25, -0.2) is 9.97 Å². The zero-order valence-electron chi connectivity index (χ0n) is 18.5. The van der Waals surface area contributed by atoms with Crippen LogP contribution in [0, 0.1) is 20.2 Å². The molecule has 37 heavy (non-hydrogen) atoms. The predicted molar refractivity (Wildman–Crippen MR) is 148 cm³/mol. The van der Waals surface area contributed by atoms with Crippen LogP contribution in [0.4, 0.5) is 17.1 Å². The number of anilines is 1. The van der Waals surface area contributed by atoms with Crippen LogP contribution in [0.5, 0.6) is 0 Å². The molecule has 0 amide bonds. The van der Waals surface area contributed by atoms with E-state index in [0.29, 0.717) is 21.7 Å². The van der Waals surface area contributed by atoms with Crippen LogP contribution >= 0.6 is 11.6 Å². The van der Waals surface area contributed by atoms with Crippen molar-refractivity contribution in [2.24, 2.45) is 0 Å². The number of hydrogen-bond donors (Lipinski definition) is 1. The van der Waals surface area contributed by atoms with Gasteiger partial charge in [0, 0.05) is 45.8 Å². The highest BCUT2D eigenvalue weighted by molar-refractivity contribution is 6.40. The summed E-state index contributed by atoms with van der Waals surface area (Å²) in [4.78, 5) is 29.4. The Labute approximate surface area is 215 Å². The van der Waals surface area contributed by atoms with Crippen molar-refractivity contribution >= 4 is 72.3 Å². The second-order valence-corrected chi connectivity index (χ2v) is 8.28. The maximum Gasteiger partial charge on any atom is 0.271 e. The van der Waals surface area contributed by atoms with Crippen molar-refractivity contribution in [2.45, 2.75) is 7.43 Å². The monoisotopic (exact) mass is 513 g/mol. The van der Waals surface area contributed by atoms with Crippen LogP contribution in [0.25, 0.3) is 43.6 Å². The Morgan fingerprint density at radius 3 is 1.59 bits per heavy atom. The molecule has 0 aliphatic carbocycles. The van der Waals surface area contributed by atoms with Crippen LogP contribution in [-0.4, -0.2) is 19.8 Å². The summed E-state index contributed by atoms with van der Waals surface area (Å²) < 4.78 is 0. The zero-order valence-corrected chi connectivity index (χ0v) is 19.2. The Morgan fingerprint density at radius 2 is 1.03 bits per heavy atom. The third-order valence-electron chi connectivity index (χ3n) is 5.73. The Bertz CT molecular complexity index is 1710. The lowest BCUT2D eigenvalue weighted by molar-refractivity contribution is -0.384. The summed E-state index contributed by atoms with van der Waals surface area (Å²) in [6.07, 6.45) is 0. The molecule has 6 rings (SSSR count). The molecule has 2 N–H and O–H groups in total. The quantitative estimate of drug-likeness (QED) is 0.144. The molecule has 0 fully saturated rings. The number of nitrogens with two attached hydrogens (primary N) is 1. The molecule has 0 aliphatic heterocycles. The highest BCUT2D eigenvalue weighted by Gasteiger charge is 2.12. The van der Waals surface area contributed by atoms with Crippen molar-refractivity contribution in [1.82, 2.24) is 9.97 Å². The lowest BCUT2D eigenvalue weighted by Gasteiger charge is -2.06. The van der Waals surface area contributed by atoms with E-state index in [1.54, 1.807) is 12.1 Å². The first-order valence-corrected chi connectivity index (χ1v) is 11.1. The Kier molecular flexibility index (Phi) is 6.81. The van der Waals surface area contributed by atoms with Gasteiger partial charge in [0.05, 0.1) is 42.6 Å². The molecule has 10 heteroatoms. The van der Waals surface area contributed by atoms with Gasteiger partial charge in [0.1, 0.15) is 0 Å². The van der Waals surface area contributed by atoms with Crippen molar-refractivity contribution in [1.29, 1.82) is 0 Å². The smallest absolute Gasteiger partial charge is 0.271 e. The Balaban J connectivity index is 0.000000168. The van der Waals surface area contributed by atoms with E-state index in [4.69, 9.17) is 17.3 Å². The minimum absolute atomic E-state index is 0. The van der Waals surface area contributed by atoms with Crippen LogP contribution in [0.1, 0.15) is 7.43 Å². The zero-order chi connectivity index (χ0) is 25.4. The maximum atomic E-state index is 10.7. The lowest BCUT2D eigenvalue weighted by Crippen LogP contribution is -1.94. The molecule has 0 saturated heterocycles. The van der Waals surface area contributed by atoms with Crippen molar-refractivity contribution < 1.29 is 9.85 Å². The van der Waals surface area contributed by atoms with Gasteiger partial charge in [-0.15, -0.1) is 0 Å². The number of nitro benzene ring substituents is 2. The van der Waals surface area contributed by atoms with E-state index in [2.05, 4.69) is 9.97 Å². The molecular weight excluding hydrogens is 494 g/mol. The average molecular weight is 514 g/mol. The summed E-state index contributed by atoms with van der Waals surface area (Å²) in [6, 6.07) is 24.0. The second-order valence-electron chi connectivity index (χ2n) is 7.90. The van der Waals surface area contributed by atoms with E-state index in [1.165, 1.54) is 24.3 Å². The van der Waals surface area contributed by atoms with E-state index in [1.807, 2.05) is 48.5 Å². The van der Waals surface area contributed by atoms with Crippen LogP contribution in [-0.2, 0) is 0 Å². The number of hydrogen-bond acceptors (Lipinski definition) is 7. The maximum absolute atomic E-state index is 10.7. The Hall–Kier alpha value is -4.89. The summed E-state index contributed by atoms with van der Waals surface area (Å²) in [5.41, 5.74) is 9.25. The molecule has 4 aromatic carbocycles. The standard InChI is InChI=1S/C13H7ClN2O2.C13H9N3O2.CH4/c2*14-13-9-3-1-2-4-11(9)15-12-7-8(16(17)18)5-6-10(12)13;/h1-7H;1-7H,(H2,14,15);1H4. The van der Waals surface area contributed by atoms with Gasteiger partial charge < -0.3 is 5.73 Å². The van der Waals surface area contributed by atoms with Gasteiger partial charge in [-0.05, 0) is 24.3 Å². The number of nitrogens with zero attached hydrogens (tertiary/aromatic N) is 4. The molecule has 0 aliphatic rings. The van der Waals surface area contributed by atoms with E-state index >= 15 is 0 Å². The molecule has 6 aromatic rings. The number of non-ortho nitro benzene ring substituents is 2. The third kappa shape index (κ3) is 4.67. The molecule has 9 nitrogen and oxygen atoms in total. The molecule has 2 heterocycles. The first kappa shape index (κ1) is 25.2. The number of nitrogen functional groups attached to an aromatic ring is 1. The van der Waals surface area contributed by atoms with E-state index in [0.717, 1.165) is 32.6 Å². The lowest BCUT2D eigenvalue weighted by atomic mass is 10.1. The van der Waals surface area contributed by atoms with Gasteiger partial charge in [-0.3, -0.25) is 20.2 Å². The molecular formula is C27H20ClN5O4. The summed E-state index contributed by atoms with van der Waals surface area (Å²) >= 11 is 6.30. The van der Waals surface area contributed by atoms with Gasteiger partial charge in [-0.2, -0.15) is 0 Å². The third-order valence-corrected chi connectivity index (χ3v) is 6.13. The van der Waals surface area contributed by atoms with Gasteiger partial charge in [-0.1, -0.05) is 55.4 Å². The number of benzene rings is 4. The molecule has 0 saturated carbocycles. The fourth-order valence-electron chi connectivity index (χ4n) is 3.97. The van der Waals surface area contributed by atoms with E-state index in [9.17, 15) is 20.2 Å². The first-order chi connectivity index (χ1) is 17.3.